The van der Waals surface area contributed by atoms with Crippen molar-refractivity contribution in [2.45, 2.75) is 31.1 Å². The van der Waals surface area contributed by atoms with Crippen LogP contribution in [0.5, 0.6) is 0 Å². The Morgan fingerprint density at radius 3 is 2.50 bits per heavy atom. The van der Waals surface area contributed by atoms with Crippen LogP contribution in [0.3, 0.4) is 0 Å². The molecule has 3 rings (SSSR count). The summed E-state index contributed by atoms with van der Waals surface area (Å²) in [6.07, 6.45) is 4.13. The van der Waals surface area contributed by atoms with E-state index in [4.69, 9.17) is 17.3 Å². The lowest BCUT2D eigenvalue weighted by Crippen LogP contribution is -2.37. The summed E-state index contributed by atoms with van der Waals surface area (Å²) >= 11 is 5.94. The number of halogens is 1. The van der Waals surface area contributed by atoms with Crippen LogP contribution in [-0.2, 0) is 10.2 Å². The van der Waals surface area contributed by atoms with Gasteiger partial charge in [-0.15, -0.1) is 0 Å². The highest BCUT2D eigenvalue weighted by molar-refractivity contribution is 6.33. The Balaban J connectivity index is 1.89. The molecule has 18 heavy (non-hydrogen) atoms. The lowest BCUT2D eigenvalue weighted by molar-refractivity contribution is -0.132. The van der Waals surface area contributed by atoms with E-state index >= 15 is 0 Å². The van der Waals surface area contributed by atoms with E-state index in [0.717, 1.165) is 44.3 Å². The Bertz CT molecular complexity index is 491. The van der Waals surface area contributed by atoms with Gasteiger partial charge in [0.05, 0.1) is 16.1 Å². The van der Waals surface area contributed by atoms with Crippen LogP contribution >= 0.6 is 11.6 Å². The van der Waals surface area contributed by atoms with Gasteiger partial charge in [0, 0.05) is 13.1 Å². The van der Waals surface area contributed by atoms with E-state index in [1.165, 1.54) is 0 Å². The first-order valence-corrected chi connectivity index (χ1v) is 6.86. The van der Waals surface area contributed by atoms with Gasteiger partial charge in [0.1, 0.15) is 0 Å². The van der Waals surface area contributed by atoms with Crippen LogP contribution in [-0.4, -0.2) is 23.9 Å². The molecule has 0 aromatic heterocycles. The minimum Gasteiger partial charge on any atom is -0.398 e. The van der Waals surface area contributed by atoms with E-state index in [0.29, 0.717) is 10.7 Å². The quantitative estimate of drug-likeness (QED) is 0.835. The summed E-state index contributed by atoms with van der Waals surface area (Å²) in [7, 11) is 0. The minimum atomic E-state index is -0.303. The molecule has 1 aliphatic carbocycles. The van der Waals surface area contributed by atoms with Crippen molar-refractivity contribution in [2.24, 2.45) is 0 Å². The minimum absolute atomic E-state index is 0.279. The maximum atomic E-state index is 12.6. The SMILES string of the molecule is Nc1cc(C2(C(=O)N3CCCC3)CC2)ccc1Cl. The van der Waals surface area contributed by atoms with Crippen molar-refractivity contribution in [3.05, 3.63) is 28.8 Å². The van der Waals surface area contributed by atoms with Crippen molar-refractivity contribution >= 4 is 23.2 Å². The van der Waals surface area contributed by atoms with Crippen molar-refractivity contribution in [1.82, 2.24) is 4.90 Å². The van der Waals surface area contributed by atoms with E-state index in [-0.39, 0.29) is 11.3 Å². The first kappa shape index (κ1) is 11.8. The third kappa shape index (κ3) is 1.77. The van der Waals surface area contributed by atoms with Crippen molar-refractivity contribution in [1.29, 1.82) is 0 Å². The zero-order chi connectivity index (χ0) is 12.8. The van der Waals surface area contributed by atoms with Crippen LogP contribution < -0.4 is 5.73 Å². The van der Waals surface area contributed by atoms with E-state index in [9.17, 15) is 4.79 Å². The van der Waals surface area contributed by atoms with Crippen LogP contribution in [0.15, 0.2) is 18.2 Å². The molecule has 1 aromatic carbocycles. The van der Waals surface area contributed by atoms with Gasteiger partial charge in [0.25, 0.3) is 0 Å². The standard InChI is InChI=1S/C14H17ClN2O/c15-11-4-3-10(9-12(11)16)14(5-6-14)13(18)17-7-1-2-8-17/h3-4,9H,1-2,5-8,16H2. The van der Waals surface area contributed by atoms with Gasteiger partial charge < -0.3 is 10.6 Å². The predicted molar refractivity (Wildman–Crippen MR) is 72.6 cm³/mol. The first-order chi connectivity index (χ1) is 8.63. The Hall–Kier alpha value is -1.22. The Morgan fingerprint density at radius 2 is 1.94 bits per heavy atom. The number of benzene rings is 1. The van der Waals surface area contributed by atoms with Gasteiger partial charge in [-0.2, -0.15) is 0 Å². The number of amides is 1. The molecule has 0 spiro atoms. The molecule has 96 valence electrons. The van der Waals surface area contributed by atoms with Gasteiger partial charge in [0.15, 0.2) is 0 Å². The molecule has 4 heteroatoms. The molecule has 1 aliphatic heterocycles. The number of hydrogen-bond donors (Lipinski definition) is 1. The Labute approximate surface area is 112 Å². The van der Waals surface area contributed by atoms with Gasteiger partial charge in [-0.3, -0.25) is 4.79 Å². The predicted octanol–water partition coefficient (Wildman–Crippen LogP) is 2.58. The van der Waals surface area contributed by atoms with Gasteiger partial charge >= 0.3 is 0 Å². The Morgan fingerprint density at radius 1 is 1.28 bits per heavy atom. The second kappa shape index (κ2) is 4.16. The number of hydrogen-bond acceptors (Lipinski definition) is 2. The summed E-state index contributed by atoms with van der Waals surface area (Å²) < 4.78 is 0. The maximum absolute atomic E-state index is 12.6. The monoisotopic (exact) mass is 264 g/mol. The fourth-order valence-corrected chi connectivity index (χ4v) is 2.93. The topological polar surface area (TPSA) is 46.3 Å². The molecule has 3 nitrogen and oxygen atoms in total. The van der Waals surface area contributed by atoms with Crippen molar-refractivity contribution in [3.63, 3.8) is 0 Å². The molecule has 0 atom stereocenters. The molecule has 1 heterocycles. The maximum Gasteiger partial charge on any atom is 0.233 e. The van der Waals surface area contributed by atoms with Gasteiger partial charge in [0.2, 0.25) is 5.91 Å². The summed E-state index contributed by atoms with van der Waals surface area (Å²) in [4.78, 5) is 14.6. The second-order valence-electron chi connectivity index (χ2n) is 5.32. The number of carbonyl (C=O) groups is 1. The number of nitrogens with two attached hydrogens (primary N) is 1. The molecule has 0 radical (unpaired) electrons. The molecule has 1 saturated carbocycles. The number of likely N-dealkylation sites (tertiary alicyclic amines) is 1. The van der Waals surface area contributed by atoms with Crippen molar-refractivity contribution in [2.75, 3.05) is 18.8 Å². The van der Waals surface area contributed by atoms with Crippen LogP contribution in [0, 0.1) is 0 Å². The van der Waals surface area contributed by atoms with E-state index in [1.807, 2.05) is 17.0 Å². The van der Waals surface area contributed by atoms with E-state index in [1.54, 1.807) is 6.07 Å². The first-order valence-electron chi connectivity index (χ1n) is 6.48. The molecule has 1 amide bonds. The normalized spacial score (nSPS) is 21.1. The fraction of sp³-hybridized carbons (Fsp3) is 0.500. The molecule has 2 fully saturated rings. The van der Waals surface area contributed by atoms with E-state index < -0.39 is 0 Å². The molecule has 0 bridgehead atoms. The summed E-state index contributed by atoms with van der Waals surface area (Å²) in [6, 6.07) is 5.60. The number of nitrogens with zero attached hydrogens (tertiary/aromatic N) is 1. The molecule has 2 N–H and O–H groups in total. The van der Waals surface area contributed by atoms with Crippen molar-refractivity contribution < 1.29 is 4.79 Å². The highest BCUT2D eigenvalue weighted by Gasteiger charge is 2.53. The van der Waals surface area contributed by atoms with Crippen LogP contribution in [0.2, 0.25) is 5.02 Å². The summed E-state index contributed by atoms with van der Waals surface area (Å²) in [5.74, 6) is 0.279. The molecular formula is C14H17ClN2O. The molecule has 1 aromatic rings. The zero-order valence-corrected chi connectivity index (χ0v) is 11.0. The van der Waals surface area contributed by atoms with Crippen LogP contribution in [0.4, 0.5) is 5.69 Å². The smallest absolute Gasteiger partial charge is 0.233 e. The summed E-state index contributed by atoms with van der Waals surface area (Å²) in [5.41, 5.74) is 7.13. The lowest BCUT2D eigenvalue weighted by Gasteiger charge is -2.23. The van der Waals surface area contributed by atoms with Crippen LogP contribution in [0.25, 0.3) is 0 Å². The molecule has 0 unspecified atom stereocenters. The number of rotatable bonds is 2. The third-order valence-corrected chi connectivity index (χ3v) is 4.45. The highest BCUT2D eigenvalue weighted by Crippen LogP contribution is 2.50. The zero-order valence-electron chi connectivity index (χ0n) is 10.3. The van der Waals surface area contributed by atoms with Gasteiger partial charge in [-0.05, 0) is 43.4 Å². The largest absolute Gasteiger partial charge is 0.398 e. The van der Waals surface area contributed by atoms with E-state index in [2.05, 4.69) is 0 Å². The molecular weight excluding hydrogens is 248 g/mol. The van der Waals surface area contributed by atoms with Gasteiger partial charge in [-0.1, -0.05) is 17.7 Å². The summed E-state index contributed by atoms with van der Waals surface area (Å²) in [6.45, 7) is 1.81. The average molecular weight is 265 g/mol. The second-order valence-corrected chi connectivity index (χ2v) is 5.72. The summed E-state index contributed by atoms with van der Waals surface area (Å²) in [5, 5.41) is 0.558. The number of nitrogen functional groups attached to an aromatic ring is 1. The molecule has 2 aliphatic rings. The number of anilines is 1. The third-order valence-electron chi connectivity index (χ3n) is 4.10. The Kier molecular flexibility index (Phi) is 2.74. The lowest BCUT2D eigenvalue weighted by atomic mass is 9.94. The van der Waals surface area contributed by atoms with Crippen LogP contribution in [0.1, 0.15) is 31.2 Å². The number of carbonyl (C=O) groups excluding carboxylic acids is 1. The van der Waals surface area contributed by atoms with Gasteiger partial charge in [-0.25, -0.2) is 0 Å². The fourth-order valence-electron chi connectivity index (χ4n) is 2.82. The highest BCUT2D eigenvalue weighted by atomic mass is 35.5. The average Bonchev–Trinajstić information content (AvgIpc) is 2.99. The molecule has 1 saturated heterocycles. The van der Waals surface area contributed by atoms with Crippen molar-refractivity contribution in [3.8, 4) is 0 Å².